The molecule has 2 nitrogen and oxygen atoms in total. The Hall–Kier alpha value is -1.31. The Morgan fingerprint density at radius 2 is 1.69 bits per heavy atom. The van der Waals surface area contributed by atoms with E-state index in [1.807, 2.05) is 18.2 Å². The average molecular weight is 216 g/mol. The van der Waals surface area contributed by atoms with E-state index in [0.29, 0.717) is 0 Å². The molecule has 1 aromatic carbocycles. The number of carboxylic acids is 1. The predicted octanol–water partition coefficient (Wildman–Crippen LogP) is 2.85. The van der Waals surface area contributed by atoms with Crippen molar-refractivity contribution in [2.24, 2.45) is 0 Å². The lowest BCUT2D eigenvalue weighted by Crippen LogP contribution is -2.50. The van der Waals surface area contributed by atoms with Crippen LogP contribution in [0.15, 0.2) is 24.3 Å². The molecule has 1 fully saturated rings. The van der Waals surface area contributed by atoms with E-state index in [1.54, 1.807) is 0 Å². The van der Waals surface area contributed by atoms with Crippen molar-refractivity contribution in [3.05, 3.63) is 35.4 Å². The number of aliphatic carboxylic acids is 1. The molecular formula is C14H16O2. The maximum absolute atomic E-state index is 11.6. The average Bonchev–Trinajstić information content (AvgIpc) is 2.30. The summed E-state index contributed by atoms with van der Waals surface area (Å²) in [6.07, 6.45) is 3.62. The van der Waals surface area contributed by atoms with Crippen LogP contribution in [0.2, 0.25) is 0 Å². The van der Waals surface area contributed by atoms with Crippen LogP contribution in [-0.4, -0.2) is 11.1 Å². The van der Waals surface area contributed by atoms with Gasteiger partial charge in [-0.1, -0.05) is 31.2 Å². The highest BCUT2D eigenvalue weighted by Gasteiger charge is 2.53. The van der Waals surface area contributed by atoms with Crippen LogP contribution in [0.5, 0.6) is 0 Å². The molecule has 2 heteroatoms. The molecule has 1 saturated carbocycles. The quantitative estimate of drug-likeness (QED) is 0.783. The third-order valence-electron chi connectivity index (χ3n) is 4.71. The highest BCUT2D eigenvalue weighted by molar-refractivity contribution is 5.83. The first-order valence-corrected chi connectivity index (χ1v) is 5.92. The van der Waals surface area contributed by atoms with Crippen molar-refractivity contribution in [2.45, 2.75) is 43.4 Å². The molecule has 0 aromatic heterocycles. The Bertz CT molecular complexity index is 454. The number of hydrogen-bond donors (Lipinski definition) is 1. The van der Waals surface area contributed by atoms with E-state index >= 15 is 0 Å². The Labute approximate surface area is 95.3 Å². The predicted molar refractivity (Wildman–Crippen MR) is 61.6 cm³/mol. The Balaban J connectivity index is 2.28. The van der Waals surface area contributed by atoms with Crippen molar-refractivity contribution < 1.29 is 9.90 Å². The summed E-state index contributed by atoms with van der Waals surface area (Å²) < 4.78 is 0. The fourth-order valence-electron chi connectivity index (χ4n) is 3.52. The minimum absolute atomic E-state index is 0.216. The zero-order valence-electron chi connectivity index (χ0n) is 9.49. The first-order valence-electron chi connectivity index (χ1n) is 5.92. The van der Waals surface area contributed by atoms with Gasteiger partial charge in [-0.25, -0.2) is 0 Å². The van der Waals surface area contributed by atoms with Crippen LogP contribution >= 0.6 is 0 Å². The van der Waals surface area contributed by atoms with E-state index in [1.165, 1.54) is 5.56 Å². The third kappa shape index (κ3) is 0.998. The van der Waals surface area contributed by atoms with Gasteiger partial charge < -0.3 is 5.11 Å². The first-order chi connectivity index (χ1) is 7.58. The van der Waals surface area contributed by atoms with Crippen LogP contribution in [0, 0.1) is 0 Å². The van der Waals surface area contributed by atoms with Gasteiger partial charge in [0.15, 0.2) is 0 Å². The maximum atomic E-state index is 11.6. The molecule has 0 amide bonds. The second-order valence-electron chi connectivity index (χ2n) is 5.49. The van der Waals surface area contributed by atoms with Crippen molar-refractivity contribution in [1.82, 2.24) is 0 Å². The van der Waals surface area contributed by atoms with Gasteiger partial charge >= 0.3 is 5.97 Å². The molecule has 1 aromatic rings. The molecule has 0 spiro atoms. The van der Waals surface area contributed by atoms with Crippen LogP contribution in [0.25, 0.3) is 0 Å². The highest BCUT2D eigenvalue weighted by Crippen LogP contribution is 2.56. The highest BCUT2D eigenvalue weighted by atomic mass is 16.4. The number of carboxylic acid groups (broad SMARTS) is 1. The monoisotopic (exact) mass is 216 g/mol. The zero-order chi connectivity index (χ0) is 11.4. The molecule has 0 unspecified atom stereocenters. The molecule has 1 N–H and O–H groups in total. The summed E-state index contributed by atoms with van der Waals surface area (Å²) in [5.74, 6) is -0.637. The molecule has 2 bridgehead atoms. The minimum atomic E-state index is -0.637. The molecule has 0 radical (unpaired) electrons. The van der Waals surface area contributed by atoms with Gasteiger partial charge in [0.2, 0.25) is 0 Å². The first kappa shape index (κ1) is 9.88. The van der Waals surface area contributed by atoms with Crippen LogP contribution < -0.4 is 0 Å². The third-order valence-corrected chi connectivity index (χ3v) is 4.71. The molecule has 16 heavy (non-hydrogen) atoms. The van der Waals surface area contributed by atoms with E-state index in [4.69, 9.17) is 0 Å². The van der Waals surface area contributed by atoms with E-state index in [0.717, 1.165) is 31.2 Å². The van der Waals surface area contributed by atoms with Crippen LogP contribution in [0.1, 0.15) is 43.7 Å². The summed E-state index contributed by atoms with van der Waals surface area (Å²) in [5, 5.41) is 9.54. The molecule has 3 aliphatic rings. The zero-order valence-corrected chi connectivity index (χ0v) is 9.49. The molecular weight excluding hydrogens is 200 g/mol. The lowest BCUT2D eigenvalue weighted by Gasteiger charge is -2.51. The van der Waals surface area contributed by atoms with Gasteiger partial charge in [0.1, 0.15) is 0 Å². The topological polar surface area (TPSA) is 37.3 Å². The van der Waals surface area contributed by atoms with Crippen molar-refractivity contribution in [3.8, 4) is 0 Å². The number of rotatable bonds is 1. The molecule has 84 valence electrons. The van der Waals surface area contributed by atoms with E-state index < -0.39 is 11.4 Å². The molecule has 0 saturated heterocycles. The molecule has 3 aliphatic carbocycles. The number of benzene rings is 1. The number of hydrogen-bond acceptors (Lipinski definition) is 1. The second-order valence-corrected chi connectivity index (χ2v) is 5.49. The van der Waals surface area contributed by atoms with Gasteiger partial charge in [-0.15, -0.1) is 0 Å². The van der Waals surface area contributed by atoms with Crippen molar-refractivity contribution in [3.63, 3.8) is 0 Å². The molecule has 0 aliphatic heterocycles. The van der Waals surface area contributed by atoms with E-state index in [2.05, 4.69) is 13.0 Å². The van der Waals surface area contributed by atoms with Crippen molar-refractivity contribution >= 4 is 5.97 Å². The van der Waals surface area contributed by atoms with Crippen LogP contribution in [0.4, 0.5) is 0 Å². The van der Waals surface area contributed by atoms with E-state index in [-0.39, 0.29) is 5.41 Å². The Morgan fingerprint density at radius 3 is 2.25 bits per heavy atom. The van der Waals surface area contributed by atoms with Crippen molar-refractivity contribution in [1.29, 1.82) is 0 Å². The van der Waals surface area contributed by atoms with Crippen LogP contribution in [0.3, 0.4) is 0 Å². The smallest absolute Gasteiger partial charge is 0.314 e. The minimum Gasteiger partial charge on any atom is -0.481 e. The molecule has 4 rings (SSSR count). The summed E-state index contributed by atoms with van der Waals surface area (Å²) in [5.41, 5.74) is 1.97. The standard InChI is InChI=1S/C14H16O2/c1-13-6-8-14(9-7-13,12(15)16)11-5-3-2-4-10(11)13/h2-5H,6-9H2,1H3,(H,15,16). The van der Waals surface area contributed by atoms with Gasteiger partial charge in [0.05, 0.1) is 5.41 Å². The van der Waals surface area contributed by atoms with Gasteiger partial charge in [-0.2, -0.15) is 0 Å². The van der Waals surface area contributed by atoms with Gasteiger partial charge in [-0.3, -0.25) is 4.79 Å². The lowest BCUT2D eigenvalue weighted by molar-refractivity contribution is -0.146. The Kier molecular flexibility index (Phi) is 1.78. The Morgan fingerprint density at radius 1 is 1.12 bits per heavy atom. The largest absolute Gasteiger partial charge is 0.481 e. The summed E-state index contributed by atoms with van der Waals surface area (Å²) >= 11 is 0. The number of fused-ring (bicyclic) bond motifs is 2. The molecule has 0 atom stereocenters. The fourth-order valence-corrected chi connectivity index (χ4v) is 3.52. The summed E-state index contributed by atoms with van der Waals surface area (Å²) in [7, 11) is 0. The second kappa shape index (κ2) is 2.88. The van der Waals surface area contributed by atoms with Crippen molar-refractivity contribution in [2.75, 3.05) is 0 Å². The lowest BCUT2D eigenvalue weighted by atomic mass is 9.52. The summed E-state index contributed by atoms with van der Waals surface area (Å²) in [6.45, 7) is 2.27. The van der Waals surface area contributed by atoms with Crippen LogP contribution in [-0.2, 0) is 15.6 Å². The van der Waals surface area contributed by atoms with Gasteiger partial charge in [0, 0.05) is 0 Å². The van der Waals surface area contributed by atoms with E-state index in [9.17, 15) is 9.90 Å². The summed E-state index contributed by atoms with van der Waals surface area (Å²) in [4.78, 5) is 11.6. The maximum Gasteiger partial charge on any atom is 0.314 e. The summed E-state index contributed by atoms with van der Waals surface area (Å²) in [6, 6.07) is 8.12. The van der Waals surface area contributed by atoms with Gasteiger partial charge in [0.25, 0.3) is 0 Å². The van der Waals surface area contributed by atoms with Gasteiger partial charge in [-0.05, 0) is 42.2 Å². The number of carbonyl (C=O) groups is 1. The normalized spacial score (nSPS) is 35.8. The fraction of sp³-hybridized carbons (Fsp3) is 0.500. The molecule has 0 heterocycles. The SMILES string of the molecule is CC12CCC(C(=O)O)(CC1)c1ccccc12.